The summed E-state index contributed by atoms with van der Waals surface area (Å²) in [5, 5.41) is 3.88. The average molecular weight is 212 g/mol. The highest BCUT2D eigenvalue weighted by molar-refractivity contribution is 6.32. The fourth-order valence-electron chi connectivity index (χ4n) is 1.74. The van der Waals surface area contributed by atoms with Crippen molar-refractivity contribution >= 4 is 11.6 Å². The summed E-state index contributed by atoms with van der Waals surface area (Å²) < 4.78 is 5.44. The Hall–Kier alpha value is -0.730. The van der Waals surface area contributed by atoms with Gasteiger partial charge in [0.05, 0.1) is 11.6 Å². The second-order valence-corrected chi connectivity index (χ2v) is 3.93. The van der Waals surface area contributed by atoms with Crippen LogP contribution in [-0.4, -0.2) is 20.2 Å². The molecule has 14 heavy (non-hydrogen) atoms. The van der Waals surface area contributed by atoms with Crippen LogP contribution in [0.1, 0.15) is 11.1 Å². The van der Waals surface area contributed by atoms with E-state index in [0.29, 0.717) is 0 Å². The van der Waals surface area contributed by atoms with Crippen molar-refractivity contribution in [2.45, 2.75) is 12.8 Å². The van der Waals surface area contributed by atoms with Gasteiger partial charge in [0.2, 0.25) is 0 Å². The zero-order chi connectivity index (χ0) is 9.97. The van der Waals surface area contributed by atoms with Gasteiger partial charge in [0.25, 0.3) is 0 Å². The summed E-state index contributed by atoms with van der Waals surface area (Å²) in [6.45, 7) is 1.75. The molecule has 1 aliphatic rings. The SMILES string of the molecule is CNCCc1cc(Cl)c2c(c1)CCO2. The Morgan fingerprint density at radius 2 is 2.36 bits per heavy atom. The Morgan fingerprint density at radius 3 is 3.14 bits per heavy atom. The summed E-state index contributed by atoms with van der Waals surface area (Å²) in [4.78, 5) is 0. The van der Waals surface area contributed by atoms with E-state index in [2.05, 4.69) is 11.4 Å². The van der Waals surface area contributed by atoms with Crippen molar-refractivity contribution in [3.05, 3.63) is 28.3 Å². The molecule has 0 aromatic heterocycles. The van der Waals surface area contributed by atoms with Crippen LogP contribution in [0.15, 0.2) is 12.1 Å². The number of hydrogen-bond donors (Lipinski definition) is 1. The minimum Gasteiger partial charge on any atom is -0.491 e. The van der Waals surface area contributed by atoms with Crippen LogP contribution in [0.5, 0.6) is 5.75 Å². The van der Waals surface area contributed by atoms with Crippen molar-refractivity contribution in [1.29, 1.82) is 0 Å². The Kier molecular flexibility index (Phi) is 2.94. The molecule has 0 amide bonds. The first-order valence-corrected chi connectivity index (χ1v) is 5.28. The van der Waals surface area contributed by atoms with Crippen LogP contribution in [0.4, 0.5) is 0 Å². The van der Waals surface area contributed by atoms with Crippen LogP contribution in [0.25, 0.3) is 0 Å². The average Bonchev–Trinajstić information content (AvgIpc) is 2.63. The van der Waals surface area contributed by atoms with Crippen molar-refractivity contribution in [2.75, 3.05) is 20.2 Å². The fourth-order valence-corrected chi connectivity index (χ4v) is 2.05. The lowest BCUT2D eigenvalue weighted by atomic mass is 10.1. The zero-order valence-corrected chi connectivity index (χ0v) is 9.03. The third-order valence-electron chi connectivity index (χ3n) is 2.46. The standard InChI is InChI=1S/C11H14ClNO/c1-13-4-2-8-6-9-3-5-14-11(9)10(12)7-8/h6-7,13H,2-5H2,1H3. The molecule has 3 heteroatoms. The van der Waals surface area contributed by atoms with E-state index >= 15 is 0 Å². The number of likely N-dealkylation sites (N-methyl/N-ethyl adjacent to an activating group) is 1. The number of fused-ring (bicyclic) bond motifs is 1. The Bertz CT molecular complexity index is 338. The van der Waals surface area contributed by atoms with Gasteiger partial charge in [-0.05, 0) is 37.2 Å². The first-order chi connectivity index (χ1) is 6.81. The minimum absolute atomic E-state index is 0.756. The first-order valence-electron chi connectivity index (χ1n) is 4.90. The van der Waals surface area contributed by atoms with Crippen molar-refractivity contribution in [2.24, 2.45) is 0 Å². The number of benzene rings is 1. The highest BCUT2D eigenvalue weighted by atomic mass is 35.5. The molecular weight excluding hydrogens is 198 g/mol. The molecule has 1 aliphatic heterocycles. The van der Waals surface area contributed by atoms with Gasteiger partial charge < -0.3 is 10.1 Å². The molecule has 0 unspecified atom stereocenters. The summed E-state index contributed by atoms with van der Waals surface area (Å²) in [5.74, 6) is 0.889. The molecular formula is C11H14ClNO. The van der Waals surface area contributed by atoms with Crippen molar-refractivity contribution < 1.29 is 4.74 Å². The van der Waals surface area contributed by atoms with E-state index in [0.717, 1.165) is 36.8 Å². The van der Waals surface area contributed by atoms with Gasteiger partial charge in [-0.3, -0.25) is 0 Å². The normalized spacial score (nSPS) is 13.9. The second-order valence-electron chi connectivity index (χ2n) is 3.52. The second kappa shape index (κ2) is 4.20. The molecule has 0 aliphatic carbocycles. The molecule has 0 spiro atoms. The molecule has 1 aromatic carbocycles. The van der Waals surface area contributed by atoms with Crippen molar-refractivity contribution in [3.63, 3.8) is 0 Å². The van der Waals surface area contributed by atoms with Crippen LogP contribution in [0.3, 0.4) is 0 Å². The maximum Gasteiger partial charge on any atom is 0.141 e. The maximum atomic E-state index is 6.11. The number of rotatable bonds is 3. The van der Waals surface area contributed by atoms with Gasteiger partial charge in [-0.2, -0.15) is 0 Å². The topological polar surface area (TPSA) is 21.3 Å². The van der Waals surface area contributed by atoms with E-state index in [-0.39, 0.29) is 0 Å². The summed E-state index contributed by atoms with van der Waals surface area (Å²) in [6, 6.07) is 4.20. The molecule has 0 bridgehead atoms. The van der Waals surface area contributed by atoms with E-state index in [1.807, 2.05) is 13.1 Å². The molecule has 0 saturated carbocycles. The Labute approximate surface area is 89.2 Å². The predicted molar refractivity (Wildman–Crippen MR) is 58.3 cm³/mol. The van der Waals surface area contributed by atoms with E-state index in [9.17, 15) is 0 Å². The minimum atomic E-state index is 0.756. The van der Waals surface area contributed by atoms with Crippen LogP contribution in [0.2, 0.25) is 5.02 Å². The number of ether oxygens (including phenoxy) is 1. The molecule has 76 valence electrons. The Morgan fingerprint density at radius 1 is 1.50 bits per heavy atom. The van der Waals surface area contributed by atoms with Gasteiger partial charge in [-0.1, -0.05) is 17.7 Å². The van der Waals surface area contributed by atoms with E-state index in [4.69, 9.17) is 16.3 Å². The third kappa shape index (κ3) is 1.86. The van der Waals surface area contributed by atoms with Gasteiger partial charge in [0, 0.05) is 6.42 Å². The molecule has 2 nitrogen and oxygen atoms in total. The smallest absolute Gasteiger partial charge is 0.141 e. The first kappa shape index (κ1) is 9.81. The van der Waals surface area contributed by atoms with Crippen LogP contribution < -0.4 is 10.1 Å². The quantitative estimate of drug-likeness (QED) is 0.826. The van der Waals surface area contributed by atoms with Gasteiger partial charge in [-0.25, -0.2) is 0 Å². The zero-order valence-electron chi connectivity index (χ0n) is 8.27. The Balaban J connectivity index is 2.23. The monoisotopic (exact) mass is 211 g/mol. The number of hydrogen-bond acceptors (Lipinski definition) is 2. The van der Waals surface area contributed by atoms with Crippen LogP contribution >= 0.6 is 11.6 Å². The molecule has 1 aromatic rings. The summed E-state index contributed by atoms with van der Waals surface area (Å²) >= 11 is 6.11. The summed E-state index contributed by atoms with van der Waals surface area (Å²) in [6.07, 6.45) is 2.01. The lowest BCUT2D eigenvalue weighted by Gasteiger charge is -2.06. The van der Waals surface area contributed by atoms with Gasteiger partial charge in [-0.15, -0.1) is 0 Å². The van der Waals surface area contributed by atoms with E-state index < -0.39 is 0 Å². The molecule has 1 heterocycles. The molecule has 0 radical (unpaired) electrons. The van der Waals surface area contributed by atoms with Gasteiger partial charge in [0.1, 0.15) is 5.75 Å². The van der Waals surface area contributed by atoms with Gasteiger partial charge in [0.15, 0.2) is 0 Å². The number of nitrogens with one attached hydrogen (secondary N) is 1. The summed E-state index contributed by atoms with van der Waals surface area (Å²) in [7, 11) is 1.96. The summed E-state index contributed by atoms with van der Waals surface area (Å²) in [5.41, 5.74) is 2.54. The van der Waals surface area contributed by atoms with Crippen molar-refractivity contribution in [3.8, 4) is 5.75 Å². The molecule has 0 atom stereocenters. The van der Waals surface area contributed by atoms with E-state index in [1.165, 1.54) is 11.1 Å². The largest absolute Gasteiger partial charge is 0.491 e. The highest BCUT2D eigenvalue weighted by Crippen LogP contribution is 2.34. The third-order valence-corrected chi connectivity index (χ3v) is 2.74. The predicted octanol–water partition coefficient (Wildman–Crippen LogP) is 2.04. The lowest BCUT2D eigenvalue weighted by Crippen LogP contribution is -2.10. The lowest BCUT2D eigenvalue weighted by molar-refractivity contribution is 0.357. The van der Waals surface area contributed by atoms with E-state index in [1.54, 1.807) is 0 Å². The van der Waals surface area contributed by atoms with Crippen LogP contribution in [0, 0.1) is 0 Å². The maximum absolute atomic E-state index is 6.11. The van der Waals surface area contributed by atoms with Gasteiger partial charge >= 0.3 is 0 Å². The number of halogens is 1. The molecule has 0 saturated heterocycles. The highest BCUT2D eigenvalue weighted by Gasteiger charge is 2.16. The molecule has 0 fully saturated rings. The molecule has 2 rings (SSSR count). The fraction of sp³-hybridized carbons (Fsp3) is 0.455. The van der Waals surface area contributed by atoms with Crippen molar-refractivity contribution in [1.82, 2.24) is 5.32 Å². The molecule has 1 N–H and O–H groups in total. The van der Waals surface area contributed by atoms with Crippen LogP contribution in [-0.2, 0) is 12.8 Å².